The molecule has 1 aromatic heterocycles. The quantitative estimate of drug-likeness (QED) is 0.724. The molecule has 8 heteroatoms. The maximum Gasteiger partial charge on any atom is 0.258 e. The normalized spacial score (nSPS) is 14.9. The fourth-order valence-corrected chi connectivity index (χ4v) is 3.52. The summed E-state index contributed by atoms with van der Waals surface area (Å²) in [6.07, 6.45) is 3.22. The summed E-state index contributed by atoms with van der Waals surface area (Å²) in [5.74, 6) is -0.0491. The lowest BCUT2D eigenvalue weighted by atomic mass is 9.95. The van der Waals surface area contributed by atoms with Crippen molar-refractivity contribution in [3.63, 3.8) is 0 Å². The summed E-state index contributed by atoms with van der Waals surface area (Å²) >= 11 is 6.08. The third-order valence-electron chi connectivity index (χ3n) is 5.02. The summed E-state index contributed by atoms with van der Waals surface area (Å²) in [5, 5.41) is 6.08. The Bertz CT molecular complexity index is 838. The van der Waals surface area contributed by atoms with Crippen LogP contribution in [0.4, 0.5) is 11.5 Å². The molecule has 2 heterocycles. The van der Waals surface area contributed by atoms with Crippen LogP contribution in [-0.4, -0.2) is 40.8 Å². The Balaban J connectivity index is 0.00000300. The zero-order valence-electron chi connectivity index (χ0n) is 16.5. The number of likely N-dealkylation sites (tertiary alicyclic amines) is 1. The first-order chi connectivity index (χ1) is 13.4. The number of anilines is 2. The van der Waals surface area contributed by atoms with Crippen LogP contribution in [-0.2, 0) is 4.79 Å². The molecule has 29 heavy (non-hydrogen) atoms. The minimum Gasteiger partial charge on any atom is -0.325 e. The van der Waals surface area contributed by atoms with Gasteiger partial charge in [0, 0.05) is 23.2 Å². The smallest absolute Gasteiger partial charge is 0.258 e. The Labute approximate surface area is 182 Å². The molecule has 0 saturated carbocycles. The van der Waals surface area contributed by atoms with Gasteiger partial charge < -0.3 is 15.5 Å². The summed E-state index contributed by atoms with van der Waals surface area (Å²) in [6.45, 7) is 6.15. The minimum atomic E-state index is -0.369. The zero-order chi connectivity index (χ0) is 20.1. The van der Waals surface area contributed by atoms with E-state index in [0.29, 0.717) is 28.1 Å². The maximum absolute atomic E-state index is 12.8. The highest BCUT2D eigenvalue weighted by Crippen LogP contribution is 2.25. The summed E-state index contributed by atoms with van der Waals surface area (Å²) in [5.41, 5.74) is 0.764. The van der Waals surface area contributed by atoms with E-state index in [-0.39, 0.29) is 30.1 Å². The predicted octanol–water partition coefficient (Wildman–Crippen LogP) is 4.47. The van der Waals surface area contributed by atoms with Crippen molar-refractivity contribution in [3.8, 4) is 0 Å². The minimum absolute atomic E-state index is 0. The molecule has 0 spiro atoms. The highest BCUT2D eigenvalue weighted by atomic mass is 35.5. The molecule has 0 aliphatic carbocycles. The van der Waals surface area contributed by atoms with Crippen molar-refractivity contribution in [2.75, 3.05) is 23.7 Å². The molecule has 2 aromatic rings. The second-order valence-electron chi connectivity index (χ2n) is 7.25. The molecule has 0 unspecified atom stereocenters. The number of aromatic nitrogens is 1. The number of benzene rings is 1. The first-order valence-electron chi connectivity index (χ1n) is 9.51. The standard InChI is InChI=1S/C21H25ClN4O2.ClH/c1-14(2)26-11-8-15(9-12-26)20(27)24-18-7-6-16(22)13-17(18)21(28)25-19-5-3-4-10-23-19;/h3-7,10,13-15H,8-9,11-12H2,1-2H3,(H,24,27)(H,23,25,28);1H. The van der Waals surface area contributed by atoms with E-state index in [1.807, 2.05) is 0 Å². The van der Waals surface area contributed by atoms with E-state index in [0.717, 1.165) is 25.9 Å². The molecule has 2 amide bonds. The van der Waals surface area contributed by atoms with E-state index in [1.54, 1.807) is 42.6 Å². The van der Waals surface area contributed by atoms with Gasteiger partial charge in [-0.1, -0.05) is 17.7 Å². The second-order valence-corrected chi connectivity index (χ2v) is 7.69. The van der Waals surface area contributed by atoms with Crippen LogP contribution in [0.25, 0.3) is 0 Å². The molecule has 1 aromatic carbocycles. The fraction of sp³-hybridized carbons (Fsp3) is 0.381. The van der Waals surface area contributed by atoms with Gasteiger partial charge in [0.15, 0.2) is 0 Å². The van der Waals surface area contributed by atoms with Crippen molar-refractivity contribution in [2.45, 2.75) is 32.7 Å². The van der Waals surface area contributed by atoms with Crippen LogP contribution in [0.1, 0.15) is 37.0 Å². The van der Waals surface area contributed by atoms with E-state index < -0.39 is 0 Å². The number of hydrogen-bond donors (Lipinski definition) is 2. The Morgan fingerprint density at radius 1 is 1.14 bits per heavy atom. The summed E-state index contributed by atoms with van der Waals surface area (Å²) in [7, 11) is 0. The summed E-state index contributed by atoms with van der Waals surface area (Å²) in [6, 6.07) is 10.6. The lowest BCUT2D eigenvalue weighted by Crippen LogP contribution is -2.41. The number of piperidine rings is 1. The zero-order valence-corrected chi connectivity index (χ0v) is 18.1. The van der Waals surface area contributed by atoms with Crippen LogP contribution in [0.5, 0.6) is 0 Å². The fourth-order valence-electron chi connectivity index (χ4n) is 3.35. The van der Waals surface area contributed by atoms with E-state index >= 15 is 0 Å². The molecular formula is C21H26Cl2N4O2. The Kier molecular flexibility index (Phi) is 8.44. The highest BCUT2D eigenvalue weighted by molar-refractivity contribution is 6.31. The van der Waals surface area contributed by atoms with Gasteiger partial charge in [-0.05, 0) is 70.1 Å². The number of carbonyl (C=O) groups is 2. The van der Waals surface area contributed by atoms with Crippen LogP contribution >= 0.6 is 24.0 Å². The van der Waals surface area contributed by atoms with Gasteiger partial charge >= 0.3 is 0 Å². The molecule has 156 valence electrons. The maximum atomic E-state index is 12.8. The average Bonchev–Trinajstić information content (AvgIpc) is 2.70. The van der Waals surface area contributed by atoms with E-state index in [9.17, 15) is 9.59 Å². The number of rotatable bonds is 5. The van der Waals surface area contributed by atoms with Crippen LogP contribution in [0.15, 0.2) is 42.6 Å². The largest absolute Gasteiger partial charge is 0.325 e. The predicted molar refractivity (Wildman–Crippen MR) is 119 cm³/mol. The first-order valence-corrected chi connectivity index (χ1v) is 9.88. The Hall–Kier alpha value is -2.15. The van der Waals surface area contributed by atoms with E-state index in [4.69, 9.17) is 11.6 Å². The number of halogens is 2. The second kappa shape index (κ2) is 10.6. The van der Waals surface area contributed by atoms with Crippen molar-refractivity contribution in [2.24, 2.45) is 5.92 Å². The first kappa shape index (κ1) is 23.1. The van der Waals surface area contributed by atoms with Crippen molar-refractivity contribution in [1.82, 2.24) is 9.88 Å². The Morgan fingerprint density at radius 2 is 1.86 bits per heavy atom. The topological polar surface area (TPSA) is 74.3 Å². The molecule has 1 aliphatic rings. The molecule has 2 N–H and O–H groups in total. The number of nitrogens with one attached hydrogen (secondary N) is 2. The van der Waals surface area contributed by atoms with Gasteiger partial charge in [0.1, 0.15) is 5.82 Å². The van der Waals surface area contributed by atoms with Gasteiger partial charge in [-0.25, -0.2) is 4.98 Å². The van der Waals surface area contributed by atoms with Crippen LogP contribution in [0.3, 0.4) is 0 Å². The number of hydrogen-bond acceptors (Lipinski definition) is 4. The molecule has 3 rings (SSSR count). The number of pyridine rings is 1. The van der Waals surface area contributed by atoms with Gasteiger partial charge in [0.25, 0.3) is 5.91 Å². The van der Waals surface area contributed by atoms with Gasteiger partial charge in [-0.3, -0.25) is 9.59 Å². The van der Waals surface area contributed by atoms with Crippen molar-refractivity contribution in [3.05, 3.63) is 53.2 Å². The highest BCUT2D eigenvalue weighted by Gasteiger charge is 2.27. The molecule has 6 nitrogen and oxygen atoms in total. The lowest BCUT2D eigenvalue weighted by molar-refractivity contribution is -0.121. The number of carbonyl (C=O) groups excluding carboxylic acids is 2. The van der Waals surface area contributed by atoms with Crippen molar-refractivity contribution >= 4 is 47.3 Å². The molecule has 1 aliphatic heterocycles. The average molecular weight is 437 g/mol. The van der Waals surface area contributed by atoms with Crippen molar-refractivity contribution in [1.29, 1.82) is 0 Å². The van der Waals surface area contributed by atoms with Crippen LogP contribution in [0, 0.1) is 5.92 Å². The monoisotopic (exact) mass is 436 g/mol. The number of amides is 2. The van der Waals surface area contributed by atoms with Crippen molar-refractivity contribution < 1.29 is 9.59 Å². The molecule has 0 bridgehead atoms. The van der Waals surface area contributed by atoms with E-state index in [2.05, 4.69) is 34.4 Å². The third kappa shape index (κ3) is 6.16. The summed E-state index contributed by atoms with van der Waals surface area (Å²) in [4.78, 5) is 31.9. The molecule has 0 radical (unpaired) electrons. The lowest BCUT2D eigenvalue weighted by Gasteiger charge is -2.34. The number of nitrogens with zero attached hydrogens (tertiary/aromatic N) is 2. The van der Waals surface area contributed by atoms with E-state index in [1.165, 1.54) is 0 Å². The summed E-state index contributed by atoms with van der Waals surface area (Å²) < 4.78 is 0. The van der Waals surface area contributed by atoms with Gasteiger partial charge in [0.05, 0.1) is 11.3 Å². The molecule has 1 saturated heterocycles. The molecule has 1 fully saturated rings. The van der Waals surface area contributed by atoms with Gasteiger partial charge in [-0.2, -0.15) is 0 Å². The molecule has 0 atom stereocenters. The SMILES string of the molecule is CC(C)N1CCC(C(=O)Nc2ccc(Cl)cc2C(=O)Nc2ccccn2)CC1.Cl. The Morgan fingerprint density at radius 3 is 2.48 bits per heavy atom. The van der Waals surface area contributed by atoms with Crippen LogP contribution in [0.2, 0.25) is 5.02 Å². The third-order valence-corrected chi connectivity index (χ3v) is 5.26. The van der Waals surface area contributed by atoms with Gasteiger partial charge in [-0.15, -0.1) is 12.4 Å². The van der Waals surface area contributed by atoms with Gasteiger partial charge in [0.2, 0.25) is 5.91 Å². The molecular weight excluding hydrogens is 411 g/mol. The van der Waals surface area contributed by atoms with Crippen LogP contribution < -0.4 is 10.6 Å².